The summed E-state index contributed by atoms with van der Waals surface area (Å²) < 4.78 is 4.88. The molecule has 1 saturated heterocycles. The first-order valence-electron chi connectivity index (χ1n) is 9.41. The van der Waals surface area contributed by atoms with E-state index in [2.05, 4.69) is 10.5 Å². The van der Waals surface area contributed by atoms with Crippen LogP contribution < -0.4 is 5.32 Å². The smallest absolute Gasteiger partial charge is 0.352 e. The van der Waals surface area contributed by atoms with Crippen molar-refractivity contribution in [2.24, 2.45) is 5.16 Å². The molecule has 2 heterocycles. The van der Waals surface area contributed by atoms with Crippen LogP contribution in [0.25, 0.3) is 0 Å². The second-order valence-electron chi connectivity index (χ2n) is 6.72. The Morgan fingerprint density at radius 2 is 2.06 bits per heavy atom. The normalized spacial score (nSPS) is 20.2. The number of benzene rings is 1. The number of carbonyl (C=O) groups excluding carboxylic acids is 3. The van der Waals surface area contributed by atoms with Crippen LogP contribution in [0.15, 0.2) is 46.8 Å². The maximum absolute atomic E-state index is 12.5. The van der Waals surface area contributed by atoms with E-state index in [1.54, 1.807) is 0 Å². The molecule has 2 atom stereocenters. The molecular weight excluding hydrogens is 426 g/mol. The molecule has 1 aromatic rings. The van der Waals surface area contributed by atoms with Crippen LogP contribution in [0, 0.1) is 0 Å². The lowest BCUT2D eigenvalue weighted by molar-refractivity contribution is -0.151. The highest BCUT2D eigenvalue weighted by Crippen LogP contribution is 2.40. The molecule has 0 aliphatic carbocycles. The van der Waals surface area contributed by atoms with Gasteiger partial charge < -0.3 is 20.0 Å². The van der Waals surface area contributed by atoms with Crippen LogP contribution in [0.1, 0.15) is 18.9 Å². The van der Waals surface area contributed by atoms with Crippen molar-refractivity contribution in [3.63, 3.8) is 0 Å². The molecule has 3 rings (SSSR count). The fourth-order valence-corrected chi connectivity index (χ4v) is 4.38. The van der Waals surface area contributed by atoms with Gasteiger partial charge in [0.15, 0.2) is 0 Å². The van der Waals surface area contributed by atoms with Crippen molar-refractivity contribution in [2.45, 2.75) is 24.8 Å². The summed E-state index contributed by atoms with van der Waals surface area (Å²) in [6.07, 6.45) is 1.52. The van der Waals surface area contributed by atoms with Crippen LogP contribution in [0.4, 0.5) is 0 Å². The molecule has 2 N–H and O–H groups in total. The number of amides is 2. The third kappa shape index (κ3) is 5.43. The van der Waals surface area contributed by atoms with Gasteiger partial charge in [-0.25, -0.2) is 4.79 Å². The highest BCUT2D eigenvalue weighted by Gasteiger charge is 2.54. The summed E-state index contributed by atoms with van der Waals surface area (Å²) in [4.78, 5) is 53.5. The van der Waals surface area contributed by atoms with Crippen molar-refractivity contribution < 1.29 is 33.9 Å². The minimum Gasteiger partial charge on any atom is -0.477 e. The summed E-state index contributed by atoms with van der Waals surface area (Å²) in [5.41, 5.74) is 1.00. The number of β-lactam (4-membered cyclic amide) rings is 1. The Morgan fingerprint density at radius 1 is 1.32 bits per heavy atom. The lowest BCUT2D eigenvalue weighted by atomic mass is 10.0. The van der Waals surface area contributed by atoms with E-state index < -0.39 is 35.2 Å². The highest BCUT2D eigenvalue weighted by atomic mass is 32.2. The third-order valence-electron chi connectivity index (χ3n) is 4.51. The van der Waals surface area contributed by atoms with E-state index in [9.17, 15) is 24.3 Å². The minimum atomic E-state index is -1.28. The molecule has 1 fully saturated rings. The topological polar surface area (TPSA) is 135 Å². The number of fused-ring (bicyclic) bond motifs is 1. The van der Waals surface area contributed by atoms with Crippen LogP contribution in [0.5, 0.6) is 0 Å². The molecule has 164 valence electrons. The first-order chi connectivity index (χ1) is 14.9. The summed E-state index contributed by atoms with van der Waals surface area (Å²) in [6.45, 7) is 1.06. The maximum Gasteiger partial charge on any atom is 0.352 e. The molecule has 0 bridgehead atoms. The summed E-state index contributed by atoms with van der Waals surface area (Å²) in [7, 11) is 0. The number of nitrogens with zero attached hydrogens (tertiary/aromatic N) is 2. The van der Waals surface area contributed by atoms with Gasteiger partial charge in [0.25, 0.3) is 5.91 Å². The Hall–Kier alpha value is -3.34. The van der Waals surface area contributed by atoms with Gasteiger partial charge in [0.05, 0.1) is 12.6 Å². The monoisotopic (exact) mass is 447 g/mol. The Bertz CT molecular complexity index is 932. The fraction of sp³-hybridized carbons (Fsp3) is 0.350. The SMILES string of the molecule is CC(=O)OCC1=C(C(=O)O)N2C(=O)C(NC(=O)CCO/N=C\c3ccccc3)C2SC1. The van der Waals surface area contributed by atoms with Crippen LogP contribution in [0.3, 0.4) is 0 Å². The number of hydrogen-bond donors (Lipinski definition) is 2. The van der Waals surface area contributed by atoms with E-state index in [1.165, 1.54) is 24.9 Å². The van der Waals surface area contributed by atoms with Gasteiger partial charge in [0.2, 0.25) is 5.91 Å². The van der Waals surface area contributed by atoms with Gasteiger partial charge in [-0.1, -0.05) is 35.5 Å². The summed E-state index contributed by atoms with van der Waals surface area (Å²) in [5.74, 6) is -2.48. The van der Waals surface area contributed by atoms with Crippen molar-refractivity contribution in [1.29, 1.82) is 0 Å². The molecule has 2 amide bonds. The Balaban J connectivity index is 1.50. The lowest BCUT2D eigenvalue weighted by Crippen LogP contribution is -2.70. The fourth-order valence-electron chi connectivity index (χ4n) is 3.06. The first kappa shape index (κ1) is 22.3. The second-order valence-corrected chi connectivity index (χ2v) is 7.83. The molecule has 0 saturated carbocycles. The van der Waals surface area contributed by atoms with Gasteiger partial charge in [-0.3, -0.25) is 19.3 Å². The van der Waals surface area contributed by atoms with Gasteiger partial charge in [0.1, 0.15) is 30.3 Å². The number of aliphatic carboxylic acids is 1. The number of carboxylic acid groups (broad SMARTS) is 1. The van der Waals surface area contributed by atoms with Crippen molar-refractivity contribution >= 4 is 41.7 Å². The Kier molecular flexibility index (Phi) is 7.29. The first-order valence-corrected chi connectivity index (χ1v) is 10.5. The van der Waals surface area contributed by atoms with Crippen LogP contribution in [-0.4, -0.2) is 70.4 Å². The molecule has 0 radical (unpaired) electrons. The average Bonchev–Trinajstić information content (AvgIpc) is 2.75. The van der Waals surface area contributed by atoms with Gasteiger partial charge >= 0.3 is 11.9 Å². The molecule has 2 aliphatic rings. The Labute approximate surface area is 182 Å². The molecule has 11 heteroatoms. The van der Waals surface area contributed by atoms with Crippen molar-refractivity contribution in [3.8, 4) is 0 Å². The molecule has 0 spiro atoms. The number of oxime groups is 1. The second kappa shape index (κ2) is 10.1. The Morgan fingerprint density at radius 3 is 2.74 bits per heavy atom. The van der Waals surface area contributed by atoms with E-state index in [-0.39, 0.29) is 31.1 Å². The number of nitrogens with one attached hydrogen (secondary N) is 1. The van der Waals surface area contributed by atoms with Gasteiger partial charge in [-0.2, -0.15) is 0 Å². The number of thioether (sulfide) groups is 1. The van der Waals surface area contributed by atoms with Crippen LogP contribution >= 0.6 is 11.8 Å². The molecular formula is C20H21N3O7S. The molecule has 31 heavy (non-hydrogen) atoms. The number of ether oxygens (including phenoxy) is 1. The van der Waals surface area contributed by atoms with Crippen molar-refractivity contribution in [3.05, 3.63) is 47.2 Å². The van der Waals surface area contributed by atoms with E-state index in [0.717, 1.165) is 10.5 Å². The number of carbonyl (C=O) groups is 4. The largest absolute Gasteiger partial charge is 0.477 e. The van der Waals surface area contributed by atoms with Gasteiger partial charge in [0, 0.05) is 18.2 Å². The molecule has 2 unspecified atom stereocenters. The average molecular weight is 447 g/mol. The zero-order valence-electron chi connectivity index (χ0n) is 16.6. The summed E-state index contributed by atoms with van der Waals surface area (Å²) >= 11 is 1.30. The van der Waals surface area contributed by atoms with E-state index >= 15 is 0 Å². The third-order valence-corrected chi connectivity index (χ3v) is 5.85. The highest BCUT2D eigenvalue weighted by molar-refractivity contribution is 8.00. The van der Waals surface area contributed by atoms with Crippen LogP contribution in [0.2, 0.25) is 0 Å². The summed E-state index contributed by atoms with van der Waals surface area (Å²) in [6, 6.07) is 8.49. The standard InChI is InChI=1S/C20H21N3O7S/c1-12(24)29-10-14-11-31-19-16(18(26)23(19)17(14)20(27)28)22-15(25)7-8-30-21-9-13-5-3-2-4-6-13/h2-6,9,16,19H,7-8,10-11H2,1H3,(H,22,25)(H,27,28)/b21-9-. The molecule has 0 aromatic heterocycles. The van der Waals surface area contributed by atoms with E-state index in [1.807, 2.05) is 30.3 Å². The van der Waals surface area contributed by atoms with Crippen molar-refractivity contribution in [2.75, 3.05) is 19.0 Å². The zero-order chi connectivity index (χ0) is 22.4. The number of carboxylic acids is 1. The van der Waals surface area contributed by atoms with E-state index in [4.69, 9.17) is 9.57 Å². The van der Waals surface area contributed by atoms with E-state index in [0.29, 0.717) is 5.57 Å². The van der Waals surface area contributed by atoms with Crippen LogP contribution in [-0.2, 0) is 28.8 Å². The zero-order valence-corrected chi connectivity index (χ0v) is 17.5. The molecule has 1 aromatic carbocycles. The predicted molar refractivity (Wildman–Crippen MR) is 111 cm³/mol. The number of hydrogen-bond acceptors (Lipinski definition) is 8. The molecule has 10 nitrogen and oxygen atoms in total. The maximum atomic E-state index is 12.5. The number of esters is 1. The van der Waals surface area contributed by atoms with Crippen molar-refractivity contribution in [1.82, 2.24) is 10.2 Å². The minimum absolute atomic E-state index is 0.00732. The van der Waals surface area contributed by atoms with Gasteiger partial charge in [-0.15, -0.1) is 11.8 Å². The lowest BCUT2D eigenvalue weighted by Gasteiger charge is -2.49. The number of rotatable bonds is 9. The molecule has 2 aliphatic heterocycles. The summed E-state index contributed by atoms with van der Waals surface area (Å²) in [5, 5.41) is 15.4. The predicted octanol–water partition coefficient (Wildman–Crippen LogP) is 0.729. The van der Waals surface area contributed by atoms with Gasteiger partial charge in [-0.05, 0) is 5.56 Å². The quantitative estimate of drug-likeness (QED) is 0.186.